The summed E-state index contributed by atoms with van der Waals surface area (Å²) in [5.41, 5.74) is 0. The van der Waals surface area contributed by atoms with Gasteiger partial charge in [0.1, 0.15) is 11.9 Å². The fourth-order valence-electron chi connectivity index (χ4n) is 2.45. The monoisotopic (exact) mass is 354 g/mol. The Balaban J connectivity index is 1.93. The van der Waals surface area contributed by atoms with Crippen LogP contribution in [0.4, 0.5) is 10.6 Å². The standard InChI is InChI=1S/C15H22N4O4S/c1-10(2)13(14(20)18-12-5-3-4-7-16-12)19-15(21)17-11-6-8-24(22,23)9-11/h3-5,7,10-11,13H,6,8-9H2,1-2H3,(H,16,18,20)(H2,17,19,21)/t11-,13-/m0/s1. The lowest BCUT2D eigenvalue weighted by Crippen LogP contribution is -2.52. The predicted molar refractivity (Wildman–Crippen MR) is 90.2 cm³/mol. The van der Waals surface area contributed by atoms with Crippen LogP contribution >= 0.6 is 0 Å². The highest BCUT2D eigenvalue weighted by Crippen LogP contribution is 2.11. The minimum absolute atomic E-state index is 0.0626. The highest BCUT2D eigenvalue weighted by Gasteiger charge is 2.30. The molecule has 0 unspecified atom stereocenters. The van der Waals surface area contributed by atoms with E-state index in [2.05, 4.69) is 20.9 Å². The minimum atomic E-state index is -3.07. The lowest BCUT2D eigenvalue weighted by molar-refractivity contribution is -0.118. The molecular formula is C15H22N4O4S. The van der Waals surface area contributed by atoms with Gasteiger partial charge in [0.05, 0.1) is 11.5 Å². The second-order valence-electron chi connectivity index (χ2n) is 6.14. The molecule has 1 aliphatic heterocycles. The molecule has 8 nitrogen and oxygen atoms in total. The molecule has 2 heterocycles. The van der Waals surface area contributed by atoms with Crippen LogP contribution in [0.15, 0.2) is 24.4 Å². The average Bonchev–Trinajstić information content (AvgIpc) is 2.84. The maximum Gasteiger partial charge on any atom is 0.315 e. The summed E-state index contributed by atoms with van der Waals surface area (Å²) in [5.74, 6) is -0.111. The van der Waals surface area contributed by atoms with Crippen molar-refractivity contribution in [2.75, 3.05) is 16.8 Å². The van der Waals surface area contributed by atoms with Crippen LogP contribution < -0.4 is 16.0 Å². The Morgan fingerprint density at radius 3 is 2.58 bits per heavy atom. The maximum atomic E-state index is 12.3. The first-order valence-electron chi connectivity index (χ1n) is 7.76. The molecule has 1 saturated heterocycles. The van der Waals surface area contributed by atoms with E-state index >= 15 is 0 Å². The summed E-state index contributed by atoms with van der Waals surface area (Å²) in [4.78, 5) is 28.4. The number of hydrogen-bond donors (Lipinski definition) is 3. The van der Waals surface area contributed by atoms with Crippen LogP contribution in [0.1, 0.15) is 20.3 Å². The number of aromatic nitrogens is 1. The molecule has 3 amide bonds. The number of amides is 3. The van der Waals surface area contributed by atoms with E-state index in [1.807, 2.05) is 13.8 Å². The van der Waals surface area contributed by atoms with Crippen molar-refractivity contribution in [1.29, 1.82) is 0 Å². The SMILES string of the molecule is CC(C)[C@H](NC(=O)N[C@H]1CCS(=O)(=O)C1)C(=O)Nc1ccccn1. The van der Waals surface area contributed by atoms with Crippen LogP contribution in [0.3, 0.4) is 0 Å². The lowest BCUT2D eigenvalue weighted by Gasteiger charge is -2.22. The lowest BCUT2D eigenvalue weighted by atomic mass is 10.0. The molecule has 0 bridgehead atoms. The topological polar surface area (TPSA) is 117 Å². The summed E-state index contributed by atoms with van der Waals surface area (Å²) >= 11 is 0. The van der Waals surface area contributed by atoms with Crippen molar-refractivity contribution in [2.24, 2.45) is 5.92 Å². The van der Waals surface area contributed by atoms with Crippen molar-refractivity contribution in [3.05, 3.63) is 24.4 Å². The Labute approximate surface area is 141 Å². The van der Waals surface area contributed by atoms with Gasteiger partial charge in [-0.15, -0.1) is 0 Å². The molecule has 1 aromatic heterocycles. The molecule has 2 atom stereocenters. The van der Waals surface area contributed by atoms with Gasteiger partial charge in [-0.3, -0.25) is 4.79 Å². The Hall–Kier alpha value is -2.16. The van der Waals surface area contributed by atoms with E-state index in [-0.39, 0.29) is 23.3 Å². The summed E-state index contributed by atoms with van der Waals surface area (Å²) in [5, 5.41) is 7.87. The molecule has 132 valence electrons. The Kier molecular flexibility index (Phi) is 5.76. The predicted octanol–water partition coefficient (Wildman–Crippen LogP) is 0.531. The van der Waals surface area contributed by atoms with E-state index in [0.29, 0.717) is 12.2 Å². The van der Waals surface area contributed by atoms with E-state index in [9.17, 15) is 18.0 Å². The molecule has 0 aromatic carbocycles. The van der Waals surface area contributed by atoms with Gasteiger partial charge in [0, 0.05) is 12.2 Å². The summed E-state index contributed by atoms with van der Waals surface area (Å²) in [6.45, 7) is 3.62. The molecule has 0 spiro atoms. The second kappa shape index (κ2) is 7.61. The number of hydrogen-bond acceptors (Lipinski definition) is 5. The highest BCUT2D eigenvalue weighted by atomic mass is 32.2. The second-order valence-corrected chi connectivity index (χ2v) is 8.37. The zero-order valence-corrected chi connectivity index (χ0v) is 14.5. The quantitative estimate of drug-likeness (QED) is 0.713. The summed E-state index contributed by atoms with van der Waals surface area (Å²) < 4.78 is 22.8. The summed E-state index contributed by atoms with van der Waals surface area (Å²) in [6, 6.07) is 3.40. The van der Waals surface area contributed by atoms with Crippen LogP contribution in [0.2, 0.25) is 0 Å². The number of carbonyl (C=O) groups is 2. The largest absolute Gasteiger partial charge is 0.334 e. The first-order chi connectivity index (χ1) is 11.3. The molecule has 3 N–H and O–H groups in total. The smallest absolute Gasteiger partial charge is 0.315 e. The van der Waals surface area contributed by atoms with Gasteiger partial charge >= 0.3 is 6.03 Å². The number of sulfone groups is 1. The molecule has 2 rings (SSSR count). The fourth-order valence-corrected chi connectivity index (χ4v) is 4.13. The maximum absolute atomic E-state index is 12.3. The van der Waals surface area contributed by atoms with Crippen LogP contribution in [-0.2, 0) is 14.6 Å². The van der Waals surface area contributed by atoms with E-state index < -0.39 is 28.0 Å². The van der Waals surface area contributed by atoms with Crippen LogP contribution in [-0.4, -0.2) is 48.9 Å². The molecule has 0 saturated carbocycles. The first kappa shape index (κ1) is 18.2. The van der Waals surface area contributed by atoms with Gasteiger partial charge in [-0.1, -0.05) is 19.9 Å². The van der Waals surface area contributed by atoms with Crippen LogP contribution in [0, 0.1) is 5.92 Å². The van der Waals surface area contributed by atoms with Crippen molar-refractivity contribution in [2.45, 2.75) is 32.4 Å². The number of nitrogens with zero attached hydrogens (tertiary/aromatic N) is 1. The number of pyridine rings is 1. The van der Waals surface area contributed by atoms with Gasteiger partial charge in [0.25, 0.3) is 0 Å². The Morgan fingerprint density at radius 1 is 1.29 bits per heavy atom. The van der Waals surface area contributed by atoms with Gasteiger partial charge in [-0.25, -0.2) is 18.2 Å². The normalized spacial score (nSPS) is 20.4. The molecule has 0 aliphatic carbocycles. The van der Waals surface area contributed by atoms with E-state index in [1.165, 1.54) is 0 Å². The highest BCUT2D eigenvalue weighted by molar-refractivity contribution is 7.91. The van der Waals surface area contributed by atoms with Gasteiger partial charge < -0.3 is 16.0 Å². The zero-order chi connectivity index (χ0) is 17.7. The minimum Gasteiger partial charge on any atom is -0.334 e. The fraction of sp³-hybridized carbons (Fsp3) is 0.533. The van der Waals surface area contributed by atoms with E-state index in [1.54, 1.807) is 24.4 Å². The molecule has 1 aliphatic rings. The number of rotatable bonds is 5. The molecule has 0 radical (unpaired) electrons. The molecular weight excluding hydrogens is 332 g/mol. The average molecular weight is 354 g/mol. The van der Waals surface area contributed by atoms with Gasteiger partial charge in [-0.05, 0) is 24.5 Å². The summed E-state index contributed by atoms with van der Waals surface area (Å²) in [6.07, 6.45) is 1.95. The first-order valence-corrected chi connectivity index (χ1v) is 9.58. The van der Waals surface area contributed by atoms with Crippen molar-refractivity contribution >= 4 is 27.6 Å². The Morgan fingerprint density at radius 2 is 2.04 bits per heavy atom. The third-order valence-corrected chi connectivity index (χ3v) is 5.49. The van der Waals surface area contributed by atoms with Crippen LogP contribution in [0.5, 0.6) is 0 Å². The number of nitrogens with one attached hydrogen (secondary N) is 3. The molecule has 24 heavy (non-hydrogen) atoms. The zero-order valence-electron chi connectivity index (χ0n) is 13.7. The summed E-state index contributed by atoms with van der Waals surface area (Å²) in [7, 11) is -3.07. The molecule has 9 heteroatoms. The van der Waals surface area contributed by atoms with Gasteiger partial charge in [0.15, 0.2) is 9.84 Å². The van der Waals surface area contributed by atoms with Gasteiger partial charge in [-0.2, -0.15) is 0 Å². The third-order valence-electron chi connectivity index (χ3n) is 3.72. The van der Waals surface area contributed by atoms with Crippen molar-refractivity contribution in [1.82, 2.24) is 15.6 Å². The van der Waals surface area contributed by atoms with Crippen molar-refractivity contribution in [3.8, 4) is 0 Å². The third kappa shape index (κ3) is 5.19. The van der Waals surface area contributed by atoms with Gasteiger partial charge in [0.2, 0.25) is 5.91 Å². The van der Waals surface area contributed by atoms with E-state index in [4.69, 9.17) is 0 Å². The number of anilines is 1. The number of carbonyl (C=O) groups excluding carboxylic acids is 2. The van der Waals surface area contributed by atoms with E-state index in [0.717, 1.165) is 0 Å². The van der Waals surface area contributed by atoms with Crippen LogP contribution in [0.25, 0.3) is 0 Å². The Bertz CT molecular complexity index is 691. The van der Waals surface area contributed by atoms with Crippen molar-refractivity contribution in [3.63, 3.8) is 0 Å². The molecule has 1 aromatic rings. The number of urea groups is 1. The molecule has 1 fully saturated rings. The van der Waals surface area contributed by atoms with Crippen molar-refractivity contribution < 1.29 is 18.0 Å².